The van der Waals surface area contributed by atoms with E-state index in [1.807, 2.05) is 0 Å². The Morgan fingerprint density at radius 1 is 1.42 bits per heavy atom. The van der Waals surface area contributed by atoms with Gasteiger partial charge in [-0.15, -0.1) is 11.6 Å². The quantitative estimate of drug-likeness (QED) is 0.837. The van der Waals surface area contributed by atoms with Crippen LogP contribution in [0, 0.1) is 12.7 Å². The van der Waals surface area contributed by atoms with Crippen LogP contribution in [0.2, 0.25) is 0 Å². The monoisotopic (exact) mass is 305 g/mol. The summed E-state index contributed by atoms with van der Waals surface area (Å²) in [6, 6.07) is 3.36. The van der Waals surface area contributed by atoms with Gasteiger partial charge in [-0.05, 0) is 30.7 Å². The summed E-state index contributed by atoms with van der Waals surface area (Å²) in [5, 5.41) is 1.95. The zero-order chi connectivity index (χ0) is 14.2. The molecule has 2 atom stereocenters. The highest BCUT2D eigenvalue weighted by atomic mass is 35.5. The molecule has 1 N–H and O–H groups in total. The lowest BCUT2D eigenvalue weighted by molar-refractivity contribution is 0.0941. The Labute approximate surface area is 115 Å². The topological polar surface area (TPSA) is 63.2 Å². The summed E-state index contributed by atoms with van der Waals surface area (Å²) in [5.74, 6) is -1.14. The molecule has 1 heterocycles. The van der Waals surface area contributed by atoms with E-state index in [0.29, 0.717) is 5.56 Å². The third-order valence-corrected chi connectivity index (χ3v) is 5.40. The van der Waals surface area contributed by atoms with E-state index < -0.39 is 33.0 Å². The van der Waals surface area contributed by atoms with Gasteiger partial charge in [-0.2, -0.15) is 0 Å². The van der Waals surface area contributed by atoms with Gasteiger partial charge >= 0.3 is 0 Å². The van der Waals surface area contributed by atoms with Gasteiger partial charge in [0.05, 0.1) is 22.9 Å². The maximum absolute atomic E-state index is 13.1. The molecule has 0 bridgehead atoms. The van der Waals surface area contributed by atoms with Crippen LogP contribution in [0.4, 0.5) is 4.39 Å². The van der Waals surface area contributed by atoms with E-state index in [1.54, 1.807) is 6.92 Å². The van der Waals surface area contributed by atoms with Crippen LogP contribution in [-0.2, 0) is 9.84 Å². The van der Waals surface area contributed by atoms with Crippen molar-refractivity contribution in [3.63, 3.8) is 0 Å². The number of hydrogen-bond donors (Lipinski definition) is 1. The Bertz CT molecular complexity index is 617. The minimum absolute atomic E-state index is 0.137. The Balaban J connectivity index is 2.11. The van der Waals surface area contributed by atoms with Gasteiger partial charge < -0.3 is 5.32 Å². The third-order valence-electron chi connectivity index (χ3n) is 3.02. The first-order chi connectivity index (χ1) is 8.78. The molecule has 4 nitrogen and oxygen atoms in total. The summed E-state index contributed by atoms with van der Waals surface area (Å²) in [6.45, 7) is 1.55. The first kappa shape index (κ1) is 14.3. The predicted octanol–water partition coefficient (Wildman–Crippen LogP) is 1.27. The van der Waals surface area contributed by atoms with Gasteiger partial charge in [0.1, 0.15) is 5.82 Å². The van der Waals surface area contributed by atoms with Gasteiger partial charge in [-0.1, -0.05) is 0 Å². The number of halogens is 2. The summed E-state index contributed by atoms with van der Waals surface area (Å²) in [6.07, 6.45) is 0. The van der Waals surface area contributed by atoms with Gasteiger partial charge in [-0.3, -0.25) is 4.79 Å². The molecular formula is C12H13ClFNO3S. The Morgan fingerprint density at radius 2 is 2.11 bits per heavy atom. The van der Waals surface area contributed by atoms with Crippen molar-refractivity contribution in [2.24, 2.45) is 0 Å². The average molecular weight is 306 g/mol. The fraction of sp³-hybridized carbons (Fsp3) is 0.417. The van der Waals surface area contributed by atoms with Crippen LogP contribution in [0.1, 0.15) is 15.9 Å². The fourth-order valence-electron chi connectivity index (χ4n) is 1.97. The van der Waals surface area contributed by atoms with Crippen molar-refractivity contribution in [1.29, 1.82) is 0 Å². The number of hydrogen-bond acceptors (Lipinski definition) is 3. The molecule has 1 aliphatic heterocycles. The van der Waals surface area contributed by atoms with Crippen molar-refractivity contribution in [3.05, 3.63) is 35.1 Å². The molecule has 1 aromatic carbocycles. The number of alkyl halides is 1. The van der Waals surface area contributed by atoms with Crippen molar-refractivity contribution in [2.75, 3.05) is 11.5 Å². The van der Waals surface area contributed by atoms with Crippen LogP contribution >= 0.6 is 11.6 Å². The van der Waals surface area contributed by atoms with E-state index in [2.05, 4.69) is 5.32 Å². The number of carbonyl (C=O) groups excluding carboxylic acids is 1. The molecule has 0 saturated carbocycles. The summed E-state index contributed by atoms with van der Waals surface area (Å²) in [7, 11) is -3.19. The van der Waals surface area contributed by atoms with Gasteiger partial charge in [0.25, 0.3) is 5.91 Å². The van der Waals surface area contributed by atoms with E-state index in [0.717, 1.165) is 0 Å². The van der Waals surface area contributed by atoms with Gasteiger partial charge in [0.2, 0.25) is 0 Å². The summed E-state index contributed by atoms with van der Waals surface area (Å²) >= 11 is 5.90. The standard InChI is InChI=1S/C12H13ClFNO3S/c1-7-4-8(2-3-10(7)14)12(16)15-11-6-19(17,18)5-9(11)13/h2-4,9,11H,5-6H2,1H3,(H,15,16). The number of aryl methyl sites for hydroxylation is 1. The van der Waals surface area contributed by atoms with Crippen LogP contribution in [-0.4, -0.2) is 37.2 Å². The van der Waals surface area contributed by atoms with E-state index in [9.17, 15) is 17.6 Å². The second-order valence-electron chi connectivity index (χ2n) is 4.64. The SMILES string of the molecule is Cc1cc(C(=O)NC2CS(=O)(=O)CC2Cl)ccc1F. The minimum Gasteiger partial charge on any atom is -0.347 e. The van der Waals surface area contributed by atoms with Gasteiger partial charge in [0, 0.05) is 5.56 Å². The number of sulfone groups is 1. The highest BCUT2D eigenvalue weighted by molar-refractivity contribution is 7.91. The van der Waals surface area contributed by atoms with Crippen molar-refractivity contribution in [3.8, 4) is 0 Å². The molecule has 2 unspecified atom stereocenters. The molecular weight excluding hydrogens is 293 g/mol. The Kier molecular flexibility index (Phi) is 3.82. The molecule has 0 spiro atoms. The smallest absolute Gasteiger partial charge is 0.251 e. The fourth-order valence-corrected chi connectivity index (χ4v) is 4.52. The number of benzene rings is 1. The lowest BCUT2D eigenvalue weighted by atomic mass is 10.1. The molecule has 7 heteroatoms. The van der Waals surface area contributed by atoms with Crippen molar-refractivity contribution >= 4 is 27.3 Å². The van der Waals surface area contributed by atoms with E-state index in [4.69, 9.17) is 11.6 Å². The molecule has 2 rings (SSSR count). The van der Waals surface area contributed by atoms with E-state index >= 15 is 0 Å². The zero-order valence-corrected chi connectivity index (χ0v) is 11.8. The van der Waals surface area contributed by atoms with E-state index in [1.165, 1.54) is 18.2 Å². The van der Waals surface area contributed by atoms with Gasteiger partial charge in [-0.25, -0.2) is 12.8 Å². The second kappa shape index (κ2) is 5.09. The minimum atomic E-state index is -3.19. The first-order valence-electron chi connectivity index (χ1n) is 5.70. The van der Waals surface area contributed by atoms with Crippen LogP contribution < -0.4 is 5.32 Å². The zero-order valence-electron chi connectivity index (χ0n) is 10.2. The summed E-state index contributed by atoms with van der Waals surface area (Å²) < 4.78 is 35.9. The van der Waals surface area contributed by atoms with E-state index in [-0.39, 0.29) is 17.1 Å². The molecule has 1 fully saturated rings. The van der Waals surface area contributed by atoms with Gasteiger partial charge in [0.15, 0.2) is 9.84 Å². The first-order valence-corrected chi connectivity index (χ1v) is 7.96. The van der Waals surface area contributed by atoms with Crippen molar-refractivity contribution in [1.82, 2.24) is 5.32 Å². The van der Waals surface area contributed by atoms with Crippen LogP contribution in [0.25, 0.3) is 0 Å². The summed E-state index contributed by atoms with van der Waals surface area (Å²) in [4.78, 5) is 11.9. The molecule has 0 aliphatic carbocycles. The molecule has 0 radical (unpaired) electrons. The lowest BCUT2D eigenvalue weighted by Gasteiger charge is -2.14. The molecule has 1 aromatic rings. The summed E-state index contributed by atoms with van der Waals surface area (Å²) in [5.41, 5.74) is 0.640. The Morgan fingerprint density at radius 3 is 2.63 bits per heavy atom. The van der Waals surface area contributed by atoms with Crippen molar-refractivity contribution in [2.45, 2.75) is 18.3 Å². The third kappa shape index (κ3) is 3.25. The number of carbonyl (C=O) groups is 1. The molecule has 1 aliphatic rings. The largest absolute Gasteiger partial charge is 0.347 e. The molecule has 1 saturated heterocycles. The average Bonchev–Trinajstić information content (AvgIpc) is 2.55. The highest BCUT2D eigenvalue weighted by Crippen LogP contribution is 2.18. The normalized spacial score (nSPS) is 25.2. The maximum atomic E-state index is 13.1. The lowest BCUT2D eigenvalue weighted by Crippen LogP contribution is -2.40. The predicted molar refractivity (Wildman–Crippen MR) is 70.7 cm³/mol. The number of nitrogens with one attached hydrogen (secondary N) is 1. The Hall–Kier alpha value is -1.14. The van der Waals surface area contributed by atoms with Crippen LogP contribution in [0.5, 0.6) is 0 Å². The second-order valence-corrected chi connectivity index (χ2v) is 7.35. The van der Waals surface area contributed by atoms with Crippen LogP contribution in [0.15, 0.2) is 18.2 Å². The molecule has 0 aromatic heterocycles. The number of rotatable bonds is 2. The van der Waals surface area contributed by atoms with Crippen molar-refractivity contribution < 1.29 is 17.6 Å². The molecule has 104 valence electrons. The maximum Gasteiger partial charge on any atom is 0.251 e. The molecule has 19 heavy (non-hydrogen) atoms. The molecule has 1 amide bonds. The van der Waals surface area contributed by atoms with Crippen LogP contribution in [0.3, 0.4) is 0 Å². The highest BCUT2D eigenvalue weighted by Gasteiger charge is 2.37. The number of amides is 1.